The Kier molecular flexibility index (Phi) is 4.56. The third-order valence-corrected chi connectivity index (χ3v) is 3.51. The first-order chi connectivity index (χ1) is 8.60. The second kappa shape index (κ2) is 5.97. The van der Waals surface area contributed by atoms with Crippen LogP contribution in [0.1, 0.15) is 33.0 Å². The Bertz CT molecular complexity index is 413. The van der Waals surface area contributed by atoms with E-state index in [1.165, 1.54) is 0 Å². The number of rotatable bonds is 3. The molecule has 1 saturated heterocycles. The molecule has 2 unspecified atom stereocenters. The number of hydrogen-bond donors (Lipinski definition) is 0. The van der Waals surface area contributed by atoms with Crippen molar-refractivity contribution in [3.05, 3.63) is 16.5 Å². The lowest BCUT2D eigenvalue weighted by Gasteiger charge is -2.37. The Balaban J connectivity index is 2.25. The Labute approximate surface area is 117 Å². The highest BCUT2D eigenvalue weighted by Crippen LogP contribution is 2.22. The molecule has 2 atom stereocenters. The molecule has 1 aliphatic heterocycles. The van der Waals surface area contributed by atoms with Gasteiger partial charge in [0.1, 0.15) is 16.2 Å². The molecule has 4 nitrogen and oxygen atoms in total. The zero-order chi connectivity index (χ0) is 13.1. The molecule has 2 heterocycles. The number of aromatic nitrogens is 2. The molecule has 0 amide bonds. The molecule has 1 aliphatic rings. The van der Waals surface area contributed by atoms with Crippen LogP contribution in [-0.4, -0.2) is 35.3 Å². The highest BCUT2D eigenvalue weighted by atomic mass is 79.9. The summed E-state index contributed by atoms with van der Waals surface area (Å²) in [6.45, 7) is 8.05. The first-order valence-corrected chi connectivity index (χ1v) is 7.31. The quantitative estimate of drug-likeness (QED) is 0.804. The van der Waals surface area contributed by atoms with Crippen LogP contribution in [-0.2, 0) is 11.2 Å². The number of morpholine rings is 1. The summed E-state index contributed by atoms with van der Waals surface area (Å²) < 4.78 is 6.52. The van der Waals surface area contributed by atoms with Gasteiger partial charge >= 0.3 is 0 Å². The normalized spacial score (nSPS) is 24.3. The van der Waals surface area contributed by atoms with Gasteiger partial charge in [0, 0.05) is 19.0 Å². The van der Waals surface area contributed by atoms with Gasteiger partial charge in [-0.05, 0) is 36.2 Å². The van der Waals surface area contributed by atoms with E-state index in [2.05, 4.69) is 51.6 Å². The summed E-state index contributed by atoms with van der Waals surface area (Å²) in [6.07, 6.45) is 2.23. The Morgan fingerprint density at radius 3 is 2.94 bits per heavy atom. The average Bonchev–Trinajstić information content (AvgIpc) is 2.32. The average molecular weight is 314 g/mol. The van der Waals surface area contributed by atoms with Crippen molar-refractivity contribution in [2.24, 2.45) is 0 Å². The molecule has 0 spiro atoms. The summed E-state index contributed by atoms with van der Waals surface area (Å²) in [5, 5.41) is 0. The molecule has 5 heteroatoms. The number of halogens is 1. The van der Waals surface area contributed by atoms with Gasteiger partial charge in [-0.2, -0.15) is 0 Å². The zero-order valence-corrected chi connectivity index (χ0v) is 12.8. The van der Waals surface area contributed by atoms with Crippen molar-refractivity contribution in [3.8, 4) is 0 Å². The predicted octanol–water partition coefficient (Wildman–Crippen LogP) is 2.81. The molecular weight excluding hydrogens is 294 g/mol. The van der Waals surface area contributed by atoms with E-state index in [0.29, 0.717) is 6.04 Å². The van der Waals surface area contributed by atoms with Crippen molar-refractivity contribution < 1.29 is 4.74 Å². The molecule has 0 N–H and O–H groups in total. The molecule has 0 aliphatic carbocycles. The highest BCUT2D eigenvalue weighted by Gasteiger charge is 2.25. The lowest BCUT2D eigenvalue weighted by atomic mass is 10.2. The van der Waals surface area contributed by atoms with E-state index in [0.717, 1.165) is 42.2 Å². The lowest BCUT2D eigenvalue weighted by molar-refractivity contribution is 0.0340. The Morgan fingerprint density at radius 2 is 2.22 bits per heavy atom. The fourth-order valence-electron chi connectivity index (χ4n) is 2.16. The first kappa shape index (κ1) is 13.7. The molecule has 0 bridgehead atoms. The molecule has 100 valence electrons. The van der Waals surface area contributed by atoms with Crippen molar-refractivity contribution in [2.75, 3.05) is 18.1 Å². The topological polar surface area (TPSA) is 38.2 Å². The van der Waals surface area contributed by atoms with Crippen LogP contribution in [0.3, 0.4) is 0 Å². The predicted molar refractivity (Wildman–Crippen MR) is 75.9 cm³/mol. The van der Waals surface area contributed by atoms with Crippen LogP contribution in [0.15, 0.2) is 10.7 Å². The number of hydrogen-bond acceptors (Lipinski definition) is 4. The zero-order valence-electron chi connectivity index (χ0n) is 11.2. The van der Waals surface area contributed by atoms with E-state index >= 15 is 0 Å². The molecule has 0 radical (unpaired) electrons. The third-order valence-electron chi connectivity index (χ3n) is 3.10. The lowest BCUT2D eigenvalue weighted by Crippen LogP contribution is -2.47. The van der Waals surface area contributed by atoms with Crippen LogP contribution in [0.5, 0.6) is 0 Å². The fraction of sp³-hybridized carbons (Fsp3) is 0.692. The third kappa shape index (κ3) is 3.20. The fourth-order valence-corrected chi connectivity index (χ4v) is 2.57. The minimum Gasteiger partial charge on any atom is -0.375 e. The van der Waals surface area contributed by atoms with E-state index in [1.54, 1.807) is 0 Å². The van der Waals surface area contributed by atoms with Crippen molar-refractivity contribution in [3.63, 3.8) is 0 Å². The summed E-state index contributed by atoms with van der Waals surface area (Å²) in [5.41, 5.74) is 0. The van der Waals surface area contributed by atoms with Gasteiger partial charge in [-0.1, -0.05) is 6.92 Å². The van der Waals surface area contributed by atoms with Gasteiger partial charge in [0.25, 0.3) is 0 Å². The van der Waals surface area contributed by atoms with Crippen molar-refractivity contribution in [2.45, 2.75) is 45.8 Å². The monoisotopic (exact) mass is 313 g/mol. The SMILES string of the molecule is CCCc1nc(Br)cc(N2CC(C)OCC2C)n1. The minimum atomic E-state index is 0.254. The Morgan fingerprint density at radius 1 is 1.44 bits per heavy atom. The highest BCUT2D eigenvalue weighted by molar-refractivity contribution is 9.10. The minimum absolute atomic E-state index is 0.254. The van der Waals surface area contributed by atoms with Gasteiger partial charge in [-0.3, -0.25) is 0 Å². The van der Waals surface area contributed by atoms with Gasteiger partial charge in [-0.25, -0.2) is 9.97 Å². The van der Waals surface area contributed by atoms with Crippen LogP contribution < -0.4 is 4.90 Å². The first-order valence-electron chi connectivity index (χ1n) is 6.52. The molecule has 1 fully saturated rings. The molecule has 1 aromatic rings. The van der Waals surface area contributed by atoms with Crippen LogP contribution in [0.4, 0.5) is 5.82 Å². The standard InChI is InChI=1S/C13H20BrN3O/c1-4-5-12-15-11(14)6-13(16-12)17-7-10(3)18-8-9(17)2/h6,9-10H,4-5,7-8H2,1-3H3. The second-order valence-corrected chi connectivity index (χ2v) is 5.67. The molecule has 0 aromatic carbocycles. The molecule has 0 saturated carbocycles. The number of nitrogens with zero attached hydrogens (tertiary/aromatic N) is 3. The van der Waals surface area contributed by atoms with Crippen molar-refractivity contribution in [1.82, 2.24) is 9.97 Å². The summed E-state index contributed by atoms with van der Waals surface area (Å²) in [7, 11) is 0. The van der Waals surface area contributed by atoms with Gasteiger partial charge in [-0.15, -0.1) is 0 Å². The number of anilines is 1. The maximum absolute atomic E-state index is 5.65. The largest absolute Gasteiger partial charge is 0.375 e. The van der Waals surface area contributed by atoms with Gasteiger partial charge in [0.15, 0.2) is 0 Å². The summed E-state index contributed by atoms with van der Waals surface area (Å²) in [5.74, 6) is 1.91. The maximum atomic E-state index is 5.65. The number of ether oxygens (including phenoxy) is 1. The van der Waals surface area contributed by atoms with Crippen molar-refractivity contribution in [1.29, 1.82) is 0 Å². The molecule has 2 rings (SSSR count). The summed E-state index contributed by atoms with van der Waals surface area (Å²) >= 11 is 3.48. The van der Waals surface area contributed by atoms with Crippen molar-refractivity contribution >= 4 is 21.7 Å². The molecular formula is C13H20BrN3O. The van der Waals surface area contributed by atoms with Crippen LogP contribution in [0, 0.1) is 0 Å². The maximum Gasteiger partial charge on any atom is 0.133 e. The molecule has 1 aromatic heterocycles. The van der Waals surface area contributed by atoms with E-state index in [4.69, 9.17) is 4.74 Å². The summed E-state index contributed by atoms with van der Waals surface area (Å²) in [6, 6.07) is 2.35. The van der Waals surface area contributed by atoms with Gasteiger partial charge in [0.2, 0.25) is 0 Å². The summed E-state index contributed by atoms with van der Waals surface area (Å²) in [4.78, 5) is 11.4. The van der Waals surface area contributed by atoms with E-state index in [9.17, 15) is 0 Å². The van der Waals surface area contributed by atoms with E-state index in [-0.39, 0.29) is 6.10 Å². The van der Waals surface area contributed by atoms with Gasteiger partial charge < -0.3 is 9.64 Å². The van der Waals surface area contributed by atoms with Crippen LogP contribution in [0.2, 0.25) is 0 Å². The second-order valence-electron chi connectivity index (χ2n) is 4.86. The number of aryl methyl sites for hydroxylation is 1. The van der Waals surface area contributed by atoms with Crippen LogP contribution in [0.25, 0.3) is 0 Å². The smallest absolute Gasteiger partial charge is 0.133 e. The van der Waals surface area contributed by atoms with Crippen LogP contribution >= 0.6 is 15.9 Å². The molecule has 18 heavy (non-hydrogen) atoms. The van der Waals surface area contributed by atoms with E-state index in [1.807, 2.05) is 6.07 Å². The van der Waals surface area contributed by atoms with Gasteiger partial charge in [0.05, 0.1) is 18.8 Å². The van der Waals surface area contributed by atoms with E-state index < -0.39 is 0 Å². The Hall–Kier alpha value is -0.680.